The summed E-state index contributed by atoms with van der Waals surface area (Å²) in [6.45, 7) is 6.11. The van der Waals surface area contributed by atoms with E-state index in [2.05, 4.69) is 9.84 Å². The Hall–Kier alpha value is -1.89. The monoisotopic (exact) mass is 297 g/mol. The Morgan fingerprint density at radius 3 is 2.52 bits per heavy atom. The number of carbonyl (C=O) groups is 2. The molecular formula is C14H23N3O4. The number of rotatable bonds is 7. The molecule has 7 nitrogen and oxygen atoms in total. The smallest absolute Gasteiger partial charge is 0.325 e. The van der Waals surface area contributed by atoms with Crippen LogP contribution in [0.25, 0.3) is 0 Å². The lowest BCUT2D eigenvalue weighted by Crippen LogP contribution is -2.42. The van der Waals surface area contributed by atoms with E-state index >= 15 is 0 Å². The molecule has 0 N–H and O–H groups in total. The zero-order valence-corrected chi connectivity index (χ0v) is 13.3. The first-order valence-electron chi connectivity index (χ1n) is 6.78. The molecule has 0 bridgehead atoms. The van der Waals surface area contributed by atoms with E-state index in [-0.39, 0.29) is 12.5 Å². The van der Waals surface area contributed by atoms with E-state index in [0.717, 1.165) is 11.4 Å². The molecule has 0 aliphatic carbocycles. The maximum Gasteiger partial charge on any atom is 0.325 e. The summed E-state index contributed by atoms with van der Waals surface area (Å²) in [5.74, 6) is -0.649. The van der Waals surface area contributed by atoms with Gasteiger partial charge in [0.05, 0.1) is 19.4 Å². The highest BCUT2D eigenvalue weighted by atomic mass is 16.5. The minimum Gasteiger partial charge on any atom is -0.468 e. The molecule has 1 heterocycles. The number of amides is 1. The molecule has 0 saturated heterocycles. The van der Waals surface area contributed by atoms with Gasteiger partial charge in [0.15, 0.2) is 0 Å². The highest BCUT2D eigenvalue weighted by Gasteiger charge is 2.25. The summed E-state index contributed by atoms with van der Waals surface area (Å²) in [6, 6.07) is 1.42. The Morgan fingerprint density at radius 2 is 2.05 bits per heavy atom. The van der Waals surface area contributed by atoms with E-state index in [1.807, 2.05) is 19.9 Å². The average molecular weight is 297 g/mol. The normalized spacial score (nSPS) is 12.0. The zero-order valence-electron chi connectivity index (χ0n) is 13.3. The molecule has 1 rings (SSSR count). The molecule has 1 atom stereocenters. The number of ether oxygens (including phenoxy) is 2. The minimum absolute atomic E-state index is 0.0949. The number of esters is 1. The Kier molecular flexibility index (Phi) is 6.36. The molecule has 1 aromatic heterocycles. The molecule has 1 amide bonds. The molecule has 0 aromatic carbocycles. The van der Waals surface area contributed by atoms with Crippen LogP contribution in [0, 0.1) is 13.8 Å². The fourth-order valence-electron chi connectivity index (χ4n) is 2.10. The Bertz CT molecular complexity index is 498. The molecule has 0 radical (unpaired) electrons. The van der Waals surface area contributed by atoms with Gasteiger partial charge in [-0.1, -0.05) is 0 Å². The van der Waals surface area contributed by atoms with E-state index in [9.17, 15) is 9.59 Å². The highest BCUT2D eigenvalue weighted by Crippen LogP contribution is 2.13. The summed E-state index contributed by atoms with van der Waals surface area (Å²) in [4.78, 5) is 25.4. The summed E-state index contributed by atoms with van der Waals surface area (Å²) in [5, 5.41) is 4.31. The summed E-state index contributed by atoms with van der Waals surface area (Å²) in [7, 11) is 2.84. The first-order valence-corrected chi connectivity index (χ1v) is 6.78. The molecule has 0 aliphatic rings. The molecule has 0 saturated carbocycles. The van der Waals surface area contributed by atoms with Crippen LogP contribution in [-0.4, -0.2) is 60.5 Å². The fourth-order valence-corrected chi connectivity index (χ4v) is 2.10. The van der Waals surface area contributed by atoms with Crippen LogP contribution in [0.5, 0.6) is 0 Å². The van der Waals surface area contributed by atoms with Gasteiger partial charge in [0.1, 0.15) is 12.6 Å². The zero-order chi connectivity index (χ0) is 16.0. The van der Waals surface area contributed by atoms with Gasteiger partial charge in [-0.3, -0.25) is 14.3 Å². The number of aromatic nitrogens is 2. The third-order valence-electron chi connectivity index (χ3n) is 3.19. The van der Waals surface area contributed by atoms with Gasteiger partial charge >= 0.3 is 5.97 Å². The van der Waals surface area contributed by atoms with Crippen LogP contribution in [0.2, 0.25) is 0 Å². The van der Waals surface area contributed by atoms with Crippen molar-refractivity contribution in [1.82, 2.24) is 14.7 Å². The quantitative estimate of drug-likeness (QED) is 0.693. The van der Waals surface area contributed by atoms with E-state index in [1.165, 1.54) is 12.0 Å². The second-order valence-electron chi connectivity index (χ2n) is 4.88. The molecule has 21 heavy (non-hydrogen) atoms. The van der Waals surface area contributed by atoms with Crippen molar-refractivity contribution < 1.29 is 19.1 Å². The van der Waals surface area contributed by atoms with Gasteiger partial charge in [-0.2, -0.15) is 5.10 Å². The summed E-state index contributed by atoms with van der Waals surface area (Å²) < 4.78 is 11.3. The lowest BCUT2D eigenvalue weighted by molar-refractivity contribution is -0.148. The maximum atomic E-state index is 12.6. The Labute approximate surface area is 124 Å². The predicted octanol–water partition coefficient (Wildman–Crippen LogP) is 0.709. The van der Waals surface area contributed by atoms with Crippen molar-refractivity contribution in [1.29, 1.82) is 0 Å². The van der Waals surface area contributed by atoms with Crippen molar-refractivity contribution in [2.24, 2.45) is 0 Å². The number of hydrogen-bond acceptors (Lipinski definition) is 5. The van der Waals surface area contributed by atoms with Crippen molar-refractivity contribution in [3.8, 4) is 0 Å². The number of aryl methyl sites for hydroxylation is 2. The third-order valence-corrected chi connectivity index (χ3v) is 3.19. The van der Waals surface area contributed by atoms with Gasteiger partial charge in [0.25, 0.3) is 0 Å². The molecule has 7 heteroatoms. The topological polar surface area (TPSA) is 73.7 Å². The first kappa shape index (κ1) is 17.2. The Balaban J connectivity index is 2.87. The largest absolute Gasteiger partial charge is 0.468 e. The Morgan fingerprint density at radius 1 is 1.38 bits per heavy atom. The van der Waals surface area contributed by atoms with Gasteiger partial charge in [-0.15, -0.1) is 0 Å². The highest BCUT2D eigenvalue weighted by molar-refractivity contribution is 5.84. The van der Waals surface area contributed by atoms with E-state index in [4.69, 9.17) is 4.74 Å². The molecular weight excluding hydrogens is 274 g/mol. The molecule has 0 fully saturated rings. The van der Waals surface area contributed by atoms with E-state index in [0.29, 0.717) is 13.2 Å². The van der Waals surface area contributed by atoms with Crippen LogP contribution < -0.4 is 0 Å². The molecule has 0 aliphatic heterocycles. The fraction of sp³-hybridized carbons (Fsp3) is 0.643. The molecule has 0 spiro atoms. The van der Waals surface area contributed by atoms with Crippen molar-refractivity contribution in [3.05, 3.63) is 17.5 Å². The van der Waals surface area contributed by atoms with Crippen LogP contribution in [0.15, 0.2) is 6.07 Å². The van der Waals surface area contributed by atoms with Gasteiger partial charge in [-0.05, 0) is 26.8 Å². The van der Waals surface area contributed by atoms with Crippen molar-refractivity contribution in [2.45, 2.75) is 26.8 Å². The number of carbonyl (C=O) groups excluding carboxylic acids is 2. The van der Waals surface area contributed by atoms with Gasteiger partial charge in [0.2, 0.25) is 5.91 Å². The standard InChI is InChI=1S/C14H23N3O4/c1-10-8-11(2)17(15-10)12(3)14(19)16(6-7-20-4)9-13(18)21-5/h8,12H,6-7,9H2,1-5H3/t12-/m0/s1. The third kappa shape index (κ3) is 4.56. The SMILES string of the molecule is COCCN(CC(=O)OC)C(=O)[C@H](C)n1nc(C)cc1C. The van der Waals surface area contributed by atoms with Crippen LogP contribution in [-0.2, 0) is 19.1 Å². The van der Waals surface area contributed by atoms with Crippen LogP contribution in [0.1, 0.15) is 24.4 Å². The van der Waals surface area contributed by atoms with Gasteiger partial charge in [0, 0.05) is 19.3 Å². The lowest BCUT2D eigenvalue weighted by Gasteiger charge is -2.25. The van der Waals surface area contributed by atoms with E-state index < -0.39 is 12.0 Å². The van der Waals surface area contributed by atoms with Crippen LogP contribution in [0.3, 0.4) is 0 Å². The number of hydrogen-bond donors (Lipinski definition) is 0. The number of nitrogens with zero attached hydrogens (tertiary/aromatic N) is 3. The summed E-state index contributed by atoms with van der Waals surface area (Å²) in [6.07, 6.45) is 0. The lowest BCUT2D eigenvalue weighted by atomic mass is 10.2. The predicted molar refractivity (Wildman–Crippen MR) is 76.9 cm³/mol. The van der Waals surface area contributed by atoms with Gasteiger partial charge < -0.3 is 14.4 Å². The second-order valence-corrected chi connectivity index (χ2v) is 4.88. The second kappa shape index (κ2) is 7.78. The van der Waals surface area contributed by atoms with Crippen molar-refractivity contribution in [2.75, 3.05) is 33.9 Å². The van der Waals surface area contributed by atoms with Gasteiger partial charge in [-0.25, -0.2) is 0 Å². The average Bonchev–Trinajstić information content (AvgIpc) is 2.80. The van der Waals surface area contributed by atoms with E-state index in [1.54, 1.807) is 18.7 Å². The minimum atomic E-state index is -0.486. The van der Waals surface area contributed by atoms with Crippen molar-refractivity contribution in [3.63, 3.8) is 0 Å². The molecule has 1 aromatic rings. The maximum absolute atomic E-state index is 12.6. The number of methoxy groups -OCH3 is 2. The molecule has 0 unspecified atom stereocenters. The summed E-state index contributed by atoms with van der Waals surface area (Å²) >= 11 is 0. The van der Waals surface area contributed by atoms with Crippen LogP contribution >= 0.6 is 0 Å². The van der Waals surface area contributed by atoms with Crippen molar-refractivity contribution >= 4 is 11.9 Å². The summed E-state index contributed by atoms with van der Waals surface area (Å²) in [5.41, 5.74) is 1.75. The van der Waals surface area contributed by atoms with Crippen LogP contribution in [0.4, 0.5) is 0 Å². The molecule has 118 valence electrons. The first-order chi connectivity index (χ1) is 9.90.